The summed E-state index contributed by atoms with van der Waals surface area (Å²) in [6.45, 7) is 3.39. The van der Waals surface area contributed by atoms with Gasteiger partial charge in [-0.3, -0.25) is 9.59 Å². The highest BCUT2D eigenvalue weighted by Crippen LogP contribution is 2.27. The van der Waals surface area contributed by atoms with E-state index in [0.29, 0.717) is 12.8 Å². The summed E-state index contributed by atoms with van der Waals surface area (Å²) in [5, 5.41) is 0. The molecule has 0 saturated carbocycles. The van der Waals surface area contributed by atoms with Crippen LogP contribution in [0, 0.1) is 5.92 Å². The van der Waals surface area contributed by atoms with Gasteiger partial charge < -0.3 is 9.15 Å². The molecule has 0 spiro atoms. The Labute approximate surface area is 106 Å². The Balaban J connectivity index is 1.95. The van der Waals surface area contributed by atoms with Crippen molar-refractivity contribution in [2.75, 3.05) is 0 Å². The third-order valence-electron chi connectivity index (χ3n) is 3.04. The SMILES string of the molecule is CC(=O)[C@H]1CC(C/C(C)=C/c2ccco2)OC1=O. The van der Waals surface area contributed by atoms with Crippen molar-refractivity contribution < 1.29 is 18.7 Å². The fourth-order valence-electron chi connectivity index (χ4n) is 2.14. The number of ether oxygens (including phenoxy) is 1. The fraction of sp³-hybridized carbons (Fsp3) is 0.429. The predicted molar refractivity (Wildman–Crippen MR) is 65.6 cm³/mol. The lowest BCUT2D eigenvalue weighted by atomic mass is 9.98. The minimum Gasteiger partial charge on any atom is -0.465 e. The maximum absolute atomic E-state index is 11.4. The van der Waals surface area contributed by atoms with Gasteiger partial charge in [-0.25, -0.2) is 0 Å². The number of Topliss-reactive ketones (excluding diaryl/α,β-unsaturated/α-hetero) is 1. The second-order valence-corrected chi connectivity index (χ2v) is 4.67. The highest BCUT2D eigenvalue weighted by Gasteiger charge is 2.37. The van der Waals surface area contributed by atoms with E-state index in [1.54, 1.807) is 6.26 Å². The van der Waals surface area contributed by atoms with E-state index in [-0.39, 0.29) is 11.9 Å². The first-order valence-electron chi connectivity index (χ1n) is 5.98. The molecule has 1 aliphatic heterocycles. The third-order valence-corrected chi connectivity index (χ3v) is 3.04. The number of ketones is 1. The molecule has 4 heteroatoms. The molecule has 0 N–H and O–H groups in total. The van der Waals surface area contributed by atoms with E-state index in [1.807, 2.05) is 25.1 Å². The zero-order valence-electron chi connectivity index (χ0n) is 10.5. The molecule has 1 aliphatic rings. The summed E-state index contributed by atoms with van der Waals surface area (Å²) >= 11 is 0. The van der Waals surface area contributed by atoms with Crippen LogP contribution in [0.1, 0.15) is 32.4 Å². The van der Waals surface area contributed by atoms with Crippen molar-refractivity contribution in [2.24, 2.45) is 5.92 Å². The van der Waals surface area contributed by atoms with Crippen LogP contribution < -0.4 is 0 Å². The lowest BCUT2D eigenvalue weighted by Gasteiger charge is -2.08. The third kappa shape index (κ3) is 2.88. The van der Waals surface area contributed by atoms with Crippen LogP contribution in [0.2, 0.25) is 0 Å². The molecule has 96 valence electrons. The highest BCUT2D eigenvalue weighted by molar-refractivity contribution is 5.98. The average molecular weight is 248 g/mol. The number of furan rings is 1. The topological polar surface area (TPSA) is 56.5 Å². The summed E-state index contributed by atoms with van der Waals surface area (Å²) in [7, 11) is 0. The number of cyclic esters (lactones) is 1. The molecule has 2 heterocycles. The van der Waals surface area contributed by atoms with Crippen molar-refractivity contribution in [2.45, 2.75) is 32.8 Å². The van der Waals surface area contributed by atoms with Crippen molar-refractivity contribution in [3.05, 3.63) is 29.7 Å². The van der Waals surface area contributed by atoms with Crippen LogP contribution in [-0.2, 0) is 14.3 Å². The molecule has 2 rings (SSSR count). The first-order valence-corrected chi connectivity index (χ1v) is 5.98. The van der Waals surface area contributed by atoms with Crippen LogP contribution in [0.15, 0.2) is 28.4 Å². The monoisotopic (exact) mass is 248 g/mol. The summed E-state index contributed by atoms with van der Waals surface area (Å²) in [4.78, 5) is 22.7. The zero-order chi connectivity index (χ0) is 13.1. The van der Waals surface area contributed by atoms with Crippen molar-refractivity contribution in [3.8, 4) is 0 Å². The quantitative estimate of drug-likeness (QED) is 0.607. The van der Waals surface area contributed by atoms with E-state index in [1.165, 1.54) is 6.92 Å². The van der Waals surface area contributed by atoms with E-state index in [9.17, 15) is 9.59 Å². The molecule has 0 amide bonds. The number of hydrogen-bond acceptors (Lipinski definition) is 4. The van der Waals surface area contributed by atoms with Crippen LogP contribution in [-0.4, -0.2) is 17.9 Å². The summed E-state index contributed by atoms with van der Waals surface area (Å²) in [6, 6.07) is 3.68. The maximum Gasteiger partial charge on any atom is 0.316 e. The van der Waals surface area contributed by atoms with Crippen molar-refractivity contribution in [1.82, 2.24) is 0 Å². The molecular formula is C14H16O4. The van der Waals surface area contributed by atoms with Crippen molar-refractivity contribution >= 4 is 17.8 Å². The summed E-state index contributed by atoms with van der Waals surface area (Å²) in [6.07, 6.45) is 4.45. The second kappa shape index (κ2) is 5.21. The van der Waals surface area contributed by atoms with Gasteiger partial charge >= 0.3 is 5.97 Å². The summed E-state index contributed by atoms with van der Waals surface area (Å²) in [5.74, 6) is -0.306. The molecule has 1 fully saturated rings. The van der Waals surface area contributed by atoms with Crippen LogP contribution in [0.4, 0.5) is 0 Å². The molecule has 0 aliphatic carbocycles. The zero-order valence-corrected chi connectivity index (χ0v) is 10.5. The smallest absolute Gasteiger partial charge is 0.316 e. The highest BCUT2D eigenvalue weighted by atomic mass is 16.6. The molecule has 0 bridgehead atoms. The Kier molecular flexibility index (Phi) is 3.65. The van der Waals surface area contributed by atoms with Gasteiger partial charge in [0, 0.05) is 12.8 Å². The molecule has 0 radical (unpaired) electrons. The molecule has 1 aromatic rings. The minimum atomic E-state index is -0.577. The number of esters is 1. The molecule has 1 aromatic heterocycles. The Morgan fingerprint density at radius 3 is 2.83 bits per heavy atom. The lowest BCUT2D eigenvalue weighted by Crippen LogP contribution is -2.15. The standard InChI is InChI=1S/C14H16O4/c1-9(6-11-4-3-5-17-11)7-12-8-13(10(2)15)14(16)18-12/h3-6,12-13H,7-8H2,1-2H3/b9-6+/t12?,13-/m1/s1. The van der Waals surface area contributed by atoms with Crippen LogP contribution in [0.5, 0.6) is 0 Å². The van der Waals surface area contributed by atoms with E-state index in [2.05, 4.69) is 0 Å². The van der Waals surface area contributed by atoms with Crippen LogP contribution in [0.3, 0.4) is 0 Å². The van der Waals surface area contributed by atoms with Gasteiger partial charge in [0.05, 0.1) is 6.26 Å². The van der Waals surface area contributed by atoms with Gasteiger partial charge in [-0.2, -0.15) is 0 Å². The van der Waals surface area contributed by atoms with Gasteiger partial charge in [0.2, 0.25) is 0 Å². The van der Waals surface area contributed by atoms with E-state index in [0.717, 1.165) is 11.3 Å². The normalized spacial score (nSPS) is 24.1. The van der Waals surface area contributed by atoms with Gasteiger partial charge in [-0.15, -0.1) is 0 Å². The molecule has 4 nitrogen and oxygen atoms in total. The van der Waals surface area contributed by atoms with Gasteiger partial charge in [-0.1, -0.05) is 5.57 Å². The van der Waals surface area contributed by atoms with Crippen LogP contribution >= 0.6 is 0 Å². The van der Waals surface area contributed by atoms with Crippen LogP contribution in [0.25, 0.3) is 6.08 Å². The summed E-state index contributed by atoms with van der Waals surface area (Å²) < 4.78 is 10.4. The number of rotatable bonds is 4. The molecule has 0 aromatic carbocycles. The lowest BCUT2D eigenvalue weighted by molar-refractivity contribution is -0.146. The fourth-order valence-corrected chi connectivity index (χ4v) is 2.14. The minimum absolute atomic E-state index is 0.116. The van der Waals surface area contributed by atoms with Gasteiger partial charge in [-0.05, 0) is 32.1 Å². The molecule has 18 heavy (non-hydrogen) atoms. The molecule has 2 atom stereocenters. The summed E-state index contributed by atoms with van der Waals surface area (Å²) in [5.41, 5.74) is 1.06. The van der Waals surface area contributed by atoms with Gasteiger partial charge in [0.1, 0.15) is 23.6 Å². The van der Waals surface area contributed by atoms with Crippen molar-refractivity contribution in [3.63, 3.8) is 0 Å². The van der Waals surface area contributed by atoms with E-state index < -0.39 is 11.9 Å². The largest absolute Gasteiger partial charge is 0.465 e. The molecule has 1 unspecified atom stereocenters. The number of hydrogen-bond donors (Lipinski definition) is 0. The number of carbonyl (C=O) groups is 2. The molecule has 1 saturated heterocycles. The van der Waals surface area contributed by atoms with Gasteiger partial charge in [0.25, 0.3) is 0 Å². The van der Waals surface area contributed by atoms with Crippen molar-refractivity contribution in [1.29, 1.82) is 0 Å². The van der Waals surface area contributed by atoms with Gasteiger partial charge in [0.15, 0.2) is 0 Å². The first kappa shape index (κ1) is 12.6. The first-order chi connectivity index (χ1) is 8.56. The Bertz CT molecular complexity index is 470. The predicted octanol–water partition coefficient (Wildman–Crippen LogP) is 2.59. The molecular weight excluding hydrogens is 232 g/mol. The average Bonchev–Trinajstić information content (AvgIpc) is 2.88. The Morgan fingerprint density at radius 2 is 2.28 bits per heavy atom. The van der Waals surface area contributed by atoms with E-state index >= 15 is 0 Å². The Morgan fingerprint density at radius 1 is 1.50 bits per heavy atom. The maximum atomic E-state index is 11.4. The Hall–Kier alpha value is -1.84. The number of carbonyl (C=O) groups excluding carboxylic acids is 2. The second-order valence-electron chi connectivity index (χ2n) is 4.67. The van der Waals surface area contributed by atoms with E-state index in [4.69, 9.17) is 9.15 Å².